The van der Waals surface area contributed by atoms with Crippen molar-refractivity contribution in [1.82, 2.24) is 5.32 Å². The van der Waals surface area contributed by atoms with E-state index in [0.29, 0.717) is 12.7 Å². The van der Waals surface area contributed by atoms with Gasteiger partial charge in [0.25, 0.3) is 0 Å². The van der Waals surface area contributed by atoms with E-state index in [4.69, 9.17) is 15.9 Å². The number of benzene rings is 1. The van der Waals surface area contributed by atoms with Gasteiger partial charge in [-0.05, 0) is 37.5 Å². The molecule has 1 unspecified atom stereocenters. The van der Waals surface area contributed by atoms with Gasteiger partial charge < -0.3 is 14.8 Å². The first-order valence-corrected chi connectivity index (χ1v) is 7.76. The van der Waals surface area contributed by atoms with Crippen LogP contribution in [-0.2, 0) is 11.3 Å². The molecule has 0 radical (unpaired) electrons. The van der Waals surface area contributed by atoms with E-state index in [0.717, 1.165) is 41.9 Å². The lowest BCUT2D eigenvalue weighted by Crippen LogP contribution is -2.31. The van der Waals surface area contributed by atoms with Crippen molar-refractivity contribution < 1.29 is 9.47 Å². The Morgan fingerprint density at radius 2 is 2.35 bits per heavy atom. The van der Waals surface area contributed by atoms with E-state index in [-0.39, 0.29) is 0 Å². The number of ether oxygens (including phenoxy) is 2. The maximum atomic E-state index is 5.71. The minimum Gasteiger partial charge on any atom is -0.481 e. The monoisotopic (exact) mass is 337 g/mol. The molecule has 0 spiro atoms. The Morgan fingerprint density at radius 1 is 1.45 bits per heavy atom. The molecule has 1 atom stereocenters. The SMILES string of the molecule is C#CCOc1ccc(Br)cc1CNCC1CCCCO1. The highest BCUT2D eigenvalue weighted by molar-refractivity contribution is 9.10. The molecule has 1 N–H and O–H groups in total. The molecule has 0 aromatic heterocycles. The standard InChI is InChI=1S/C16H20BrNO2/c1-2-8-20-16-7-6-14(17)10-13(16)11-18-12-15-5-3-4-9-19-15/h1,6-7,10,15,18H,3-5,8-9,11-12H2. The van der Waals surface area contributed by atoms with Crippen molar-refractivity contribution in [2.24, 2.45) is 0 Å². The fraction of sp³-hybridized carbons (Fsp3) is 0.500. The van der Waals surface area contributed by atoms with Gasteiger partial charge in [-0.2, -0.15) is 0 Å². The summed E-state index contributed by atoms with van der Waals surface area (Å²) in [4.78, 5) is 0. The highest BCUT2D eigenvalue weighted by Gasteiger charge is 2.13. The first-order valence-electron chi connectivity index (χ1n) is 6.96. The van der Waals surface area contributed by atoms with Crippen LogP contribution in [0.15, 0.2) is 22.7 Å². The van der Waals surface area contributed by atoms with Crippen LogP contribution in [0, 0.1) is 12.3 Å². The molecule has 0 amide bonds. The Morgan fingerprint density at radius 3 is 3.10 bits per heavy atom. The third-order valence-corrected chi connectivity index (χ3v) is 3.79. The van der Waals surface area contributed by atoms with Crippen LogP contribution < -0.4 is 10.1 Å². The molecule has 1 heterocycles. The fourth-order valence-electron chi connectivity index (χ4n) is 2.28. The van der Waals surface area contributed by atoms with Crippen LogP contribution in [0.1, 0.15) is 24.8 Å². The summed E-state index contributed by atoms with van der Waals surface area (Å²) in [6.45, 7) is 2.81. The van der Waals surface area contributed by atoms with E-state index >= 15 is 0 Å². The highest BCUT2D eigenvalue weighted by atomic mass is 79.9. The van der Waals surface area contributed by atoms with E-state index in [1.807, 2.05) is 12.1 Å². The summed E-state index contributed by atoms with van der Waals surface area (Å²) in [6.07, 6.45) is 9.17. The lowest BCUT2D eigenvalue weighted by molar-refractivity contribution is 0.0167. The van der Waals surface area contributed by atoms with Crippen molar-refractivity contribution in [3.63, 3.8) is 0 Å². The molecule has 1 saturated heterocycles. The van der Waals surface area contributed by atoms with E-state index < -0.39 is 0 Å². The van der Waals surface area contributed by atoms with Crippen molar-refractivity contribution in [1.29, 1.82) is 0 Å². The summed E-state index contributed by atoms with van der Waals surface area (Å²) >= 11 is 3.48. The van der Waals surface area contributed by atoms with Crippen molar-refractivity contribution >= 4 is 15.9 Å². The molecule has 1 aliphatic rings. The molecule has 0 aliphatic carbocycles. The quantitative estimate of drug-likeness (QED) is 0.809. The zero-order valence-electron chi connectivity index (χ0n) is 11.5. The topological polar surface area (TPSA) is 30.5 Å². The second-order valence-electron chi connectivity index (χ2n) is 4.86. The predicted octanol–water partition coefficient (Wildman–Crippen LogP) is 3.12. The molecular formula is C16H20BrNO2. The van der Waals surface area contributed by atoms with Gasteiger partial charge in [0.1, 0.15) is 12.4 Å². The molecule has 1 fully saturated rings. The van der Waals surface area contributed by atoms with Crippen molar-refractivity contribution in [2.45, 2.75) is 31.9 Å². The lowest BCUT2D eigenvalue weighted by atomic mass is 10.1. The molecule has 2 rings (SSSR count). The second kappa shape index (κ2) is 8.31. The second-order valence-corrected chi connectivity index (χ2v) is 5.78. The first kappa shape index (κ1) is 15.4. The third-order valence-electron chi connectivity index (χ3n) is 3.29. The zero-order valence-corrected chi connectivity index (χ0v) is 13.1. The van der Waals surface area contributed by atoms with E-state index in [2.05, 4.69) is 33.2 Å². The van der Waals surface area contributed by atoms with Crippen molar-refractivity contribution in [3.8, 4) is 18.1 Å². The van der Waals surface area contributed by atoms with Crippen molar-refractivity contribution in [2.75, 3.05) is 19.8 Å². The Labute approximate surface area is 129 Å². The molecule has 3 nitrogen and oxygen atoms in total. The summed E-state index contributed by atoms with van der Waals surface area (Å²) in [7, 11) is 0. The number of hydrogen-bond acceptors (Lipinski definition) is 3. The first-order chi connectivity index (χ1) is 9.79. The Hall–Kier alpha value is -1.02. The van der Waals surface area contributed by atoms with Crippen LogP contribution >= 0.6 is 15.9 Å². The van der Waals surface area contributed by atoms with Crippen LogP contribution in [0.2, 0.25) is 0 Å². The number of rotatable bonds is 6. The van der Waals surface area contributed by atoms with Crippen LogP contribution in [0.4, 0.5) is 0 Å². The van der Waals surface area contributed by atoms with Gasteiger partial charge in [-0.3, -0.25) is 0 Å². The predicted molar refractivity (Wildman–Crippen MR) is 83.8 cm³/mol. The average molecular weight is 338 g/mol. The summed E-state index contributed by atoms with van der Waals surface area (Å²) in [5.41, 5.74) is 1.10. The summed E-state index contributed by atoms with van der Waals surface area (Å²) < 4.78 is 12.3. The third kappa shape index (κ3) is 4.82. The average Bonchev–Trinajstić information content (AvgIpc) is 2.47. The normalized spacial score (nSPS) is 18.5. The van der Waals surface area contributed by atoms with Gasteiger partial charge in [-0.25, -0.2) is 0 Å². The fourth-order valence-corrected chi connectivity index (χ4v) is 2.69. The van der Waals surface area contributed by atoms with Crippen LogP contribution in [0.5, 0.6) is 5.75 Å². The van der Waals surface area contributed by atoms with Gasteiger partial charge in [0.15, 0.2) is 0 Å². The minimum absolute atomic E-state index is 0.292. The molecule has 1 aromatic rings. The molecule has 0 saturated carbocycles. The lowest BCUT2D eigenvalue weighted by Gasteiger charge is -2.23. The zero-order chi connectivity index (χ0) is 14.2. The van der Waals surface area contributed by atoms with E-state index in [1.54, 1.807) is 0 Å². The largest absolute Gasteiger partial charge is 0.481 e. The summed E-state index contributed by atoms with van der Waals surface area (Å²) in [5.74, 6) is 3.33. The summed E-state index contributed by atoms with van der Waals surface area (Å²) in [5, 5.41) is 3.44. The molecule has 20 heavy (non-hydrogen) atoms. The van der Waals surface area contributed by atoms with Crippen molar-refractivity contribution in [3.05, 3.63) is 28.2 Å². The highest BCUT2D eigenvalue weighted by Crippen LogP contribution is 2.23. The maximum absolute atomic E-state index is 5.71. The smallest absolute Gasteiger partial charge is 0.148 e. The van der Waals surface area contributed by atoms with Crippen LogP contribution in [0.25, 0.3) is 0 Å². The maximum Gasteiger partial charge on any atom is 0.148 e. The minimum atomic E-state index is 0.292. The van der Waals surface area contributed by atoms with Gasteiger partial charge in [0.05, 0.1) is 6.10 Å². The number of halogens is 1. The van der Waals surface area contributed by atoms with Gasteiger partial charge in [-0.15, -0.1) is 6.42 Å². The molecular weight excluding hydrogens is 318 g/mol. The van der Waals surface area contributed by atoms with Gasteiger partial charge in [0, 0.05) is 29.7 Å². The Balaban J connectivity index is 1.87. The molecule has 4 heteroatoms. The Bertz CT molecular complexity index is 464. The van der Waals surface area contributed by atoms with Crippen LogP contribution in [-0.4, -0.2) is 25.9 Å². The number of hydrogen-bond donors (Lipinski definition) is 1. The molecule has 1 aromatic carbocycles. The van der Waals surface area contributed by atoms with Gasteiger partial charge in [0.2, 0.25) is 0 Å². The Kier molecular flexibility index (Phi) is 6.38. The number of nitrogens with one attached hydrogen (secondary N) is 1. The van der Waals surface area contributed by atoms with E-state index in [1.165, 1.54) is 12.8 Å². The summed E-state index contributed by atoms with van der Waals surface area (Å²) in [6, 6.07) is 5.95. The number of terminal acetylenes is 1. The van der Waals surface area contributed by atoms with Gasteiger partial charge in [-0.1, -0.05) is 21.9 Å². The molecule has 108 valence electrons. The van der Waals surface area contributed by atoms with Gasteiger partial charge >= 0.3 is 0 Å². The molecule has 0 bridgehead atoms. The van der Waals surface area contributed by atoms with Crippen LogP contribution in [0.3, 0.4) is 0 Å². The van der Waals surface area contributed by atoms with E-state index in [9.17, 15) is 0 Å². The molecule has 1 aliphatic heterocycles.